The predicted molar refractivity (Wildman–Crippen MR) is 102 cm³/mol. The molecule has 0 aromatic carbocycles. The van der Waals surface area contributed by atoms with Crippen molar-refractivity contribution in [2.24, 2.45) is 5.73 Å². The minimum absolute atomic E-state index is 0.272. The Hall–Kier alpha value is -3.54. The molecule has 4 rings (SSSR count). The number of rotatable bonds is 4. The van der Waals surface area contributed by atoms with Crippen molar-refractivity contribution in [2.75, 3.05) is 24.6 Å². The van der Waals surface area contributed by atoms with Gasteiger partial charge in [0.15, 0.2) is 11.3 Å². The van der Waals surface area contributed by atoms with Gasteiger partial charge in [-0.3, -0.25) is 4.40 Å². The van der Waals surface area contributed by atoms with E-state index in [4.69, 9.17) is 15.9 Å². The second-order valence-corrected chi connectivity index (χ2v) is 6.50. The van der Waals surface area contributed by atoms with E-state index in [0.717, 1.165) is 18.6 Å². The summed E-state index contributed by atoms with van der Waals surface area (Å²) < 4.78 is 46.1. The lowest BCUT2D eigenvalue weighted by Gasteiger charge is -2.33. The largest absolute Gasteiger partial charge is 0.434 e. The molecule has 9 nitrogen and oxygen atoms in total. The van der Waals surface area contributed by atoms with Crippen LogP contribution < -0.4 is 10.6 Å². The first-order chi connectivity index (χ1) is 14.4. The third kappa shape index (κ3) is 3.68. The highest BCUT2D eigenvalue weighted by molar-refractivity contribution is 5.77. The van der Waals surface area contributed by atoms with Gasteiger partial charge >= 0.3 is 6.18 Å². The number of fused-ring (bicyclic) bond motifs is 1. The summed E-state index contributed by atoms with van der Waals surface area (Å²) in [4.78, 5) is 18.2. The number of ether oxygens (including phenoxy) is 1. The van der Waals surface area contributed by atoms with Crippen LogP contribution in [0.1, 0.15) is 5.69 Å². The highest BCUT2D eigenvalue weighted by atomic mass is 19.4. The molecule has 156 valence electrons. The maximum Gasteiger partial charge on any atom is 0.434 e. The van der Waals surface area contributed by atoms with Crippen molar-refractivity contribution in [3.8, 4) is 11.4 Å². The van der Waals surface area contributed by atoms with E-state index >= 15 is 0 Å². The third-order valence-corrected chi connectivity index (χ3v) is 4.67. The number of hydrogen-bond donors (Lipinski definition) is 2. The van der Waals surface area contributed by atoms with Crippen LogP contribution in [-0.2, 0) is 10.9 Å². The smallest absolute Gasteiger partial charge is 0.404 e. The molecule has 0 bridgehead atoms. The number of anilines is 1. The third-order valence-electron chi connectivity index (χ3n) is 4.67. The van der Waals surface area contributed by atoms with E-state index in [1.165, 1.54) is 23.0 Å². The molecule has 12 heteroatoms. The molecule has 3 N–H and O–H groups in total. The molecule has 0 amide bonds. The van der Waals surface area contributed by atoms with E-state index in [-0.39, 0.29) is 5.65 Å². The van der Waals surface area contributed by atoms with Gasteiger partial charge in [-0.25, -0.2) is 19.9 Å². The zero-order valence-corrected chi connectivity index (χ0v) is 15.5. The van der Waals surface area contributed by atoms with Crippen molar-refractivity contribution in [3.05, 3.63) is 48.3 Å². The van der Waals surface area contributed by atoms with E-state index < -0.39 is 18.0 Å². The van der Waals surface area contributed by atoms with Gasteiger partial charge < -0.3 is 20.8 Å². The van der Waals surface area contributed by atoms with Crippen molar-refractivity contribution < 1.29 is 17.9 Å². The summed E-state index contributed by atoms with van der Waals surface area (Å²) >= 11 is 0. The van der Waals surface area contributed by atoms with Crippen LogP contribution in [-0.4, -0.2) is 56.4 Å². The lowest BCUT2D eigenvalue weighted by molar-refractivity contribution is -0.141. The summed E-state index contributed by atoms with van der Waals surface area (Å²) in [5.41, 5.74) is 6.12. The van der Waals surface area contributed by atoms with E-state index in [1.54, 1.807) is 6.07 Å². The molecule has 0 aliphatic carbocycles. The van der Waals surface area contributed by atoms with Crippen LogP contribution in [0.5, 0.6) is 0 Å². The molecular formula is C18H17F3N8O. The molecule has 0 spiro atoms. The topological polar surface area (TPSA) is 118 Å². The second-order valence-electron chi connectivity index (χ2n) is 6.50. The molecule has 1 atom stereocenters. The van der Waals surface area contributed by atoms with E-state index in [9.17, 15) is 13.2 Å². The van der Waals surface area contributed by atoms with Gasteiger partial charge in [0, 0.05) is 36.9 Å². The van der Waals surface area contributed by atoms with Crippen LogP contribution in [0.15, 0.2) is 42.6 Å². The fourth-order valence-electron chi connectivity index (χ4n) is 3.15. The molecular weight excluding hydrogens is 401 g/mol. The van der Waals surface area contributed by atoms with Gasteiger partial charge in [-0.2, -0.15) is 13.2 Å². The highest BCUT2D eigenvalue weighted by Crippen LogP contribution is 2.29. The molecule has 1 aliphatic heterocycles. The standard InChI is InChI=1S/C18H17F3N8O/c19-18(20,21)15-10-29-13(7-26-16(29)8-25-15)12-1-2-24-17(27-12)28-3-4-30-14(9-28)11(5-22)6-23/h1-2,5-8,10,14,22H,3-4,9,23H2/b11-6+,22-5?. The number of nitrogens with zero attached hydrogens (tertiary/aromatic N) is 6. The van der Waals surface area contributed by atoms with Gasteiger partial charge in [-0.15, -0.1) is 0 Å². The maximum atomic E-state index is 13.1. The van der Waals surface area contributed by atoms with Gasteiger partial charge in [0.1, 0.15) is 6.10 Å². The molecule has 1 saturated heterocycles. The number of nitrogens with one attached hydrogen (secondary N) is 1. The minimum atomic E-state index is -4.57. The van der Waals surface area contributed by atoms with Crippen LogP contribution in [0.25, 0.3) is 17.0 Å². The Labute approximate surface area is 168 Å². The Kier molecular flexibility index (Phi) is 5.08. The maximum absolute atomic E-state index is 13.1. The van der Waals surface area contributed by atoms with Gasteiger partial charge in [0.05, 0.1) is 36.9 Å². The van der Waals surface area contributed by atoms with Crippen LogP contribution in [0, 0.1) is 5.41 Å². The summed E-state index contributed by atoms with van der Waals surface area (Å²) in [5.74, 6) is 0.391. The Morgan fingerprint density at radius 2 is 2.10 bits per heavy atom. The molecule has 3 aromatic heterocycles. The SMILES string of the molecule is N=C/C(=C\N)C1CN(c2nccc(-c3cnc4cnc(C(F)(F)F)cn34)n2)CCO1. The van der Waals surface area contributed by atoms with Gasteiger partial charge in [-0.1, -0.05) is 0 Å². The molecule has 30 heavy (non-hydrogen) atoms. The van der Waals surface area contributed by atoms with Crippen molar-refractivity contribution in [3.63, 3.8) is 0 Å². The molecule has 1 unspecified atom stereocenters. The average Bonchev–Trinajstić information content (AvgIpc) is 3.18. The number of nitrogens with two attached hydrogens (primary N) is 1. The summed E-state index contributed by atoms with van der Waals surface area (Å²) in [6, 6.07) is 1.60. The molecule has 1 fully saturated rings. The molecule has 1 aliphatic rings. The van der Waals surface area contributed by atoms with Crippen molar-refractivity contribution in [1.29, 1.82) is 5.41 Å². The lowest BCUT2D eigenvalue weighted by atomic mass is 10.1. The normalized spacial score (nSPS) is 18.0. The van der Waals surface area contributed by atoms with Gasteiger partial charge in [0.2, 0.25) is 5.95 Å². The second kappa shape index (κ2) is 7.71. The number of imidazole rings is 1. The Balaban J connectivity index is 1.68. The fraction of sp³-hybridized carbons (Fsp3) is 0.278. The summed E-state index contributed by atoms with van der Waals surface area (Å²) in [5, 5.41) is 7.44. The average molecular weight is 418 g/mol. The van der Waals surface area contributed by atoms with E-state index in [0.29, 0.717) is 42.6 Å². The van der Waals surface area contributed by atoms with Crippen molar-refractivity contribution in [2.45, 2.75) is 12.3 Å². The van der Waals surface area contributed by atoms with Crippen molar-refractivity contribution in [1.82, 2.24) is 24.3 Å². The number of hydrogen-bond acceptors (Lipinski definition) is 8. The fourth-order valence-corrected chi connectivity index (χ4v) is 3.15. The molecule has 3 aromatic rings. The summed E-state index contributed by atoms with van der Waals surface area (Å²) in [7, 11) is 0. The summed E-state index contributed by atoms with van der Waals surface area (Å²) in [6.07, 6.45) is 2.42. The predicted octanol–water partition coefficient (Wildman–Crippen LogP) is 1.90. The minimum Gasteiger partial charge on any atom is -0.404 e. The van der Waals surface area contributed by atoms with Crippen molar-refractivity contribution >= 4 is 17.8 Å². The molecule has 0 radical (unpaired) electrons. The van der Waals surface area contributed by atoms with Gasteiger partial charge in [-0.05, 0) is 6.07 Å². The first-order valence-electron chi connectivity index (χ1n) is 8.93. The van der Waals surface area contributed by atoms with E-state index in [1.807, 2.05) is 4.90 Å². The zero-order valence-electron chi connectivity index (χ0n) is 15.5. The first-order valence-corrected chi connectivity index (χ1v) is 8.93. The van der Waals surface area contributed by atoms with Gasteiger partial charge in [0.25, 0.3) is 0 Å². The van der Waals surface area contributed by atoms with Crippen LogP contribution in [0.4, 0.5) is 19.1 Å². The summed E-state index contributed by atoms with van der Waals surface area (Å²) in [6.45, 7) is 1.29. The van der Waals surface area contributed by atoms with E-state index in [2.05, 4.69) is 19.9 Å². The number of aromatic nitrogens is 5. The molecule has 4 heterocycles. The first kappa shape index (κ1) is 19.8. The van der Waals surface area contributed by atoms with Crippen LogP contribution in [0.3, 0.4) is 0 Å². The Bertz CT molecular complexity index is 1110. The number of alkyl halides is 3. The Morgan fingerprint density at radius 1 is 1.27 bits per heavy atom. The van der Waals surface area contributed by atoms with Crippen LogP contribution >= 0.6 is 0 Å². The lowest BCUT2D eigenvalue weighted by Crippen LogP contribution is -2.44. The zero-order chi connectivity index (χ0) is 21.3. The Morgan fingerprint density at radius 3 is 2.83 bits per heavy atom. The quantitative estimate of drug-likeness (QED) is 0.621. The van der Waals surface area contributed by atoms with Crippen LogP contribution in [0.2, 0.25) is 0 Å². The number of halogens is 3. The molecule has 0 saturated carbocycles. The monoisotopic (exact) mass is 418 g/mol. The highest BCUT2D eigenvalue weighted by Gasteiger charge is 2.33. The number of morpholine rings is 1.